The predicted octanol–water partition coefficient (Wildman–Crippen LogP) is 2.81. The van der Waals surface area contributed by atoms with Crippen molar-refractivity contribution in [1.82, 2.24) is 4.98 Å². The zero-order chi connectivity index (χ0) is 8.10. The van der Waals surface area contributed by atoms with E-state index in [9.17, 15) is 0 Å². The summed E-state index contributed by atoms with van der Waals surface area (Å²) < 4.78 is 0. The van der Waals surface area contributed by atoms with Gasteiger partial charge in [-0.2, -0.15) is 0 Å². The van der Waals surface area contributed by atoms with Crippen molar-refractivity contribution in [2.45, 2.75) is 6.92 Å². The topological polar surface area (TPSA) is 12.9 Å². The van der Waals surface area contributed by atoms with Gasteiger partial charge in [-0.3, -0.25) is 4.98 Å². The van der Waals surface area contributed by atoms with Crippen LogP contribution in [0.2, 0.25) is 0 Å². The molecular weight excluding hydrogens is 154 g/mol. The van der Waals surface area contributed by atoms with Crippen molar-refractivity contribution in [3.8, 4) is 0 Å². The van der Waals surface area contributed by atoms with Crippen LogP contribution in [0.1, 0.15) is 12.5 Å². The van der Waals surface area contributed by atoms with Crippen molar-refractivity contribution in [3.05, 3.63) is 35.5 Å². The van der Waals surface area contributed by atoms with E-state index in [0.717, 1.165) is 0 Å². The van der Waals surface area contributed by atoms with Crippen LogP contribution in [0, 0.1) is 0 Å². The van der Waals surface area contributed by atoms with Crippen LogP contribution in [0.4, 0.5) is 0 Å². The number of hydrogen-bond donors (Lipinski definition) is 0. The van der Waals surface area contributed by atoms with Gasteiger partial charge in [-0.1, -0.05) is 0 Å². The molecule has 0 saturated heterocycles. The monoisotopic (exact) mass is 165 g/mol. The molecule has 0 aliphatic rings. The second-order valence-corrected chi connectivity index (χ2v) is 2.98. The van der Waals surface area contributed by atoms with E-state index >= 15 is 0 Å². The Morgan fingerprint density at radius 2 is 2.09 bits per heavy atom. The van der Waals surface area contributed by atoms with Gasteiger partial charge in [-0.05, 0) is 41.9 Å². The molecule has 1 heterocycles. The first-order valence-corrected chi connectivity index (χ1v) is 4.73. The average molecular weight is 165 g/mol. The minimum absolute atomic E-state index is 1.24. The van der Waals surface area contributed by atoms with Gasteiger partial charge in [0, 0.05) is 12.4 Å². The molecular formula is C9H11NS. The van der Waals surface area contributed by atoms with E-state index in [4.69, 9.17) is 0 Å². The van der Waals surface area contributed by atoms with Crippen molar-refractivity contribution in [2.24, 2.45) is 0 Å². The Bertz CT molecular complexity index is 241. The summed E-state index contributed by atoms with van der Waals surface area (Å²) >= 11 is 1.72. The van der Waals surface area contributed by atoms with E-state index in [-0.39, 0.29) is 0 Å². The van der Waals surface area contributed by atoms with Gasteiger partial charge in [0.25, 0.3) is 0 Å². The molecule has 1 aromatic rings. The Balaban J connectivity index is 2.85. The van der Waals surface area contributed by atoms with Crippen LogP contribution < -0.4 is 0 Å². The molecule has 0 atom stereocenters. The van der Waals surface area contributed by atoms with Gasteiger partial charge in [-0.25, -0.2) is 0 Å². The number of hydrogen-bond acceptors (Lipinski definition) is 2. The number of aromatic nitrogens is 1. The summed E-state index contributed by atoms with van der Waals surface area (Å²) in [7, 11) is 0. The lowest BCUT2D eigenvalue weighted by atomic mass is 10.1. The van der Waals surface area contributed by atoms with Gasteiger partial charge in [0.05, 0.1) is 0 Å². The third-order valence-electron chi connectivity index (χ3n) is 1.43. The molecule has 1 rings (SSSR count). The molecule has 2 heteroatoms. The Labute approximate surface area is 71.5 Å². The highest BCUT2D eigenvalue weighted by molar-refractivity contribution is 8.01. The summed E-state index contributed by atoms with van der Waals surface area (Å²) in [6, 6.07) is 4.03. The molecule has 0 unspecified atom stereocenters. The van der Waals surface area contributed by atoms with Crippen LogP contribution in [0.5, 0.6) is 0 Å². The highest BCUT2D eigenvalue weighted by Gasteiger charge is 1.91. The summed E-state index contributed by atoms with van der Waals surface area (Å²) in [5, 5.41) is 2.13. The second-order valence-electron chi connectivity index (χ2n) is 2.27. The molecule has 0 N–H and O–H groups in total. The van der Waals surface area contributed by atoms with Crippen molar-refractivity contribution in [3.63, 3.8) is 0 Å². The van der Waals surface area contributed by atoms with Crippen LogP contribution in [0.25, 0.3) is 5.57 Å². The standard InChI is InChI=1S/C9H11NS/c1-8(7-11-2)9-3-5-10-6-4-9/h3-7H,1-2H3/b8-7+. The molecule has 0 saturated carbocycles. The maximum absolute atomic E-state index is 3.95. The maximum atomic E-state index is 3.95. The Morgan fingerprint density at radius 1 is 1.45 bits per heavy atom. The fourth-order valence-electron chi connectivity index (χ4n) is 0.860. The van der Waals surface area contributed by atoms with Crippen LogP contribution in [-0.2, 0) is 0 Å². The minimum atomic E-state index is 1.24. The molecule has 58 valence electrons. The van der Waals surface area contributed by atoms with Gasteiger partial charge in [-0.15, -0.1) is 11.8 Å². The summed E-state index contributed by atoms with van der Waals surface area (Å²) in [6.07, 6.45) is 5.69. The number of nitrogens with zero attached hydrogens (tertiary/aromatic N) is 1. The van der Waals surface area contributed by atoms with Crippen molar-refractivity contribution < 1.29 is 0 Å². The number of pyridine rings is 1. The van der Waals surface area contributed by atoms with E-state index < -0.39 is 0 Å². The Hall–Kier alpha value is -0.760. The fourth-order valence-corrected chi connectivity index (χ4v) is 1.35. The summed E-state index contributed by atoms with van der Waals surface area (Å²) in [6.45, 7) is 2.10. The van der Waals surface area contributed by atoms with Crippen molar-refractivity contribution >= 4 is 17.3 Å². The summed E-state index contributed by atoms with van der Waals surface area (Å²) in [5.41, 5.74) is 2.54. The first kappa shape index (κ1) is 8.34. The zero-order valence-corrected chi connectivity index (χ0v) is 7.56. The SMILES string of the molecule is CS/C=C(\C)c1ccncc1. The third kappa shape index (κ3) is 2.39. The zero-order valence-electron chi connectivity index (χ0n) is 6.74. The van der Waals surface area contributed by atoms with Crippen LogP contribution in [0.15, 0.2) is 29.9 Å². The number of thioether (sulfide) groups is 1. The molecule has 0 bridgehead atoms. The Morgan fingerprint density at radius 3 is 2.64 bits per heavy atom. The van der Waals surface area contributed by atoms with Crippen molar-refractivity contribution in [1.29, 1.82) is 0 Å². The summed E-state index contributed by atoms with van der Waals surface area (Å²) in [5.74, 6) is 0. The van der Waals surface area contributed by atoms with Crippen LogP contribution >= 0.6 is 11.8 Å². The van der Waals surface area contributed by atoms with E-state index in [1.54, 1.807) is 11.8 Å². The molecule has 1 nitrogen and oxygen atoms in total. The smallest absolute Gasteiger partial charge is 0.0273 e. The van der Waals surface area contributed by atoms with E-state index in [1.807, 2.05) is 24.5 Å². The van der Waals surface area contributed by atoms with Crippen LogP contribution in [0.3, 0.4) is 0 Å². The lowest BCUT2D eigenvalue weighted by Gasteiger charge is -1.97. The molecule has 0 aliphatic heterocycles. The Kier molecular flexibility index (Phi) is 3.17. The van der Waals surface area contributed by atoms with Crippen LogP contribution in [-0.4, -0.2) is 11.2 Å². The average Bonchev–Trinajstić information content (AvgIpc) is 2.07. The largest absolute Gasteiger partial charge is 0.265 e. The molecule has 0 spiro atoms. The van der Waals surface area contributed by atoms with Gasteiger partial charge in [0.2, 0.25) is 0 Å². The quantitative estimate of drug-likeness (QED) is 0.668. The second kappa shape index (κ2) is 4.19. The first-order valence-electron chi connectivity index (χ1n) is 3.44. The van der Waals surface area contributed by atoms with Crippen molar-refractivity contribution in [2.75, 3.05) is 6.26 Å². The van der Waals surface area contributed by atoms with Gasteiger partial charge in [0.15, 0.2) is 0 Å². The van der Waals surface area contributed by atoms with Gasteiger partial charge >= 0.3 is 0 Å². The normalized spacial score (nSPS) is 11.6. The lowest BCUT2D eigenvalue weighted by molar-refractivity contribution is 1.31. The highest BCUT2D eigenvalue weighted by Crippen LogP contribution is 2.14. The molecule has 11 heavy (non-hydrogen) atoms. The highest BCUT2D eigenvalue weighted by atomic mass is 32.2. The molecule has 0 radical (unpaired) electrons. The predicted molar refractivity (Wildman–Crippen MR) is 51.4 cm³/mol. The minimum Gasteiger partial charge on any atom is -0.265 e. The molecule has 0 aromatic carbocycles. The van der Waals surface area contributed by atoms with Gasteiger partial charge < -0.3 is 0 Å². The first-order chi connectivity index (χ1) is 5.34. The summed E-state index contributed by atoms with van der Waals surface area (Å²) in [4.78, 5) is 3.95. The third-order valence-corrected chi connectivity index (χ3v) is 2.02. The molecule has 0 fully saturated rings. The molecule has 1 aromatic heterocycles. The number of allylic oxidation sites excluding steroid dienone is 1. The number of rotatable bonds is 2. The van der Waals surface area contributed by atoms with E-state index in [2.05, 4.69) is 23.6 Å². The lowest BCUT2D eigenvalue weighted by Crippen LogP contribution is -1.77. The molecule has 0 amide bonds. The van der Waals surface area contributed by atoms with E-state index in [0.29, 0.717) is 0 Å². The molecule has 0 aliphatic carbocycles. The fraction of sp³-hybridized carbons (Fsp3) is 0.222. The van der Waals surface area contributed by atoms with Gasteiger partial charge in [0.1, 0.15) is 0 Å². The van der Waals surface area contributed by atoms with E-state index in [1.165, 1.54) is 11.1 Å². The maximum Gasteiger partial charge on any atom is 0.0273 e.